The molecule has 0 unspecified atom stereocenters. The van der Waals surface area contributed by atoms with Crippen LogP contribution < -0.4 is 5.63 Å². The van der Waals surface area contributed by atoms with Gasteiger partial charge >= 0.3 is 5.63 Å². The zero-order valence-corrected chi connectivity index (χ0v) is 28.3. The van der Waals surface area contributed by atoms with Crippen molar-refractivity contribution in [1.82, 2.24) is 0 Å². The average Bonchev–Trinajstić information content (AvgIpc) is 3.36. The zero-order chi connectivity index (χ0) is 35.0. The van der Waals surface area contributed by atoms with Gasteiger partial charge in [0.15, 0.2) is 12.6 Å². The average molecular weight is 693 g/mol. The molecule has 13 heteroatoms. The molecule has 7 rings (SSSR count). The van der Waals surface area contributed by atoms with Crippen LogP contribution in [0, 0.1) is 22.7 Å². The predicted octanol–water partition coefficient (Wildman–Crippen LogP) is 0.838. The predicted molar refractivity (Wildman–Crippen MR) is 171 cm³/mol. The lowest BCUT2D eigenvalue weighted by Crippen LogP contribution is -2.64. The summed E-state index contributed by atoms with van der Waals surface area (Å²) in [5.41, 5.74) is 0.613. The van der Waals surface area contributed by atoms with Gasteiger partial charge in [-0.25, -0.2) is 4.79 Å². The van der Waals surface area contributed by atoms with Crippen molar-refractivity contribution in [3.05, 3.63) is 46.0 Å². The highest BCUT2D eigenvalue weighted by Gasteiger charge is 2.67. The first-order chi connectivity index (χ1) is 23.2. The summed E-state index contributed by atoms with van der Waals surface area (Å²) < 4.78 is 28.7. The molecule has 3 heterocycles. The summed E-state index contributed by atoms with van der Waals surface area (Å²) in [6, 6.07) is 3.32. The summed E-state index contributed by atoms with van der Waals surface area (Å²) in [4.78, 5) is 11.6. The second kappa shape index (κ2) is 13.0. The second-order valence-electron chi connectivity index (χ2n) is 15.9. The molecule has 274 valence electrons. The molecule has 3 saturated carbocycles. The molecule has 0 aromatic carbocycles. The topological polar surface area (TPSA) is 209 Å². The molecule has 5 fully saturated rings. The van der Waals surface area contributed by atoms with E-state index in [4.69, 9.17) is 23.4 Å². The normalized spacial score (nSPS) is 51.3. The van der Waals surface area contributed by atoms with Crippen LogP contribution >= 0.6 is 0 Å². The highest BCUT2D eigenvalue weighted by molar-refractivity contribution is 5.31. The molecule has 2 saturated heterocycles. The Kier molecular flexibility index (Phi) is 9.48. The third kappa shape index (κ3) is 5.68. The van der Waals surface area contributed by atoms with Gasteiger partial charge in [-0.15, -0.1) is 0 Å². The lowest BCUT2D eigenvalue weighted by atomic mass is 9.45. The van der Waals surface area contributed by atoms with Crippen LogP contribution in [0.25, 0.3) is 0 Å². The molecule has 17 atom stereocenters. The largest absolute Gasteiger partial charge is 0.431 e. The SMILES string of the molecule is C[C@H]1O[C@@H](O[C@@H]2C=C3CC[C@H]4[C@@H](CC[C@@]5(C)[C@@H](c6ccc(=O)oc6)CC[C@]45O)[C@]3(C)CC2)[C@H](O)[C@@H](O[C@H]2O[C@@H](CO)[C@H](O)[C@@H](O)[C@@H]2O)[C@H]1O. The minimum absolute atomic E-state index is 0.119. The van der Waals surface area contributed by atoms with Crippen LogP contribution in [0.15, 0.2) is 39.3 Å². The highest BCUT2D eigenvalue weighted by Crippen LogP contribution is 2.70. The van der Waals surface area contributed by atoms with Crippen LogP contribution in [0.3, 0.4) is 0 Å². The Labute approximate surface area is 285 Å². The van der Waals surface area contributed by atoms with E-state index in [1.807, 2.05) is 6.07 Å². The maximum Gasteiger partial charge on any atom is 0.335 e. The molecule has 13 nitrogen and oxygen atoms in total. The van der Waals surface area contributed by atoms with Crippen LogP contribution in [0.1, 0.15) is 83.6 Å². The smallest absolute Gasteiger partial charge is 0.335 e. The van der Waals surface area contributed by atoms with Gasteiger partial charge in [0.05, 0.1) is 30.7 Å². The Bertz CT molecular complexity index is 1430. The van der Waals surface area contributed by atoms with Gasteiger partial charge in [-0.1, -0.05) is 25.5 Å². The van der Waals surface area contributed by atoms with Crippen molar-refractivity contribution in [3.63, 3.8) is 0 Å². The fourth-order valence-electron chi connectivity index (χ4n) is 10.7. The molecule has 0 bridgehead atoms. The monoisotopic (exact) mass is 692 g/mol. The molecule has 0 spiro atoms. The van der Waals surface area contributed by atoms with Crippen molar-refractivity contribution >= 4 is 0 Å². The van der Waals surface area contributed by atoms with Crippen LogP contribution in [-0.2, 0) is 18.9 Å². The molecule has 6 aliphatic rings. The van der Waals surface area contributed by atoms with Crippen molar-refractivity contribution < 1.29 is 59.1 Å². The number of fused-ring (bicyclic) bond motifs is 5. The van der Waals surface area contributed by atoms with E-state index < -0.39 is 73.6 Å². The van der Waals surface area contributed by atoms with Crippen molar-refractivity contribution in [2.45, 2.75) is 151 Å². The number of rotatable bonds is 6. The van der Waals surface area contributed by atoms with E-state index >= 15 is 0 Å². The van der Waals surface area contributed by atoms with Crippen LogP contribution in [0.5, 0.6) is 0 Å². The molecule has 0 radical (unpaired) electrons. The van der Waals surface area contributed by atoms with Gasteiger partial charge in [-0.05, 0) is 93.1 Å². The molecule has 0 amide bonds. The van der Waals surface area contributed by atoms with Gasteiger partial charge in [-0.3, -0.25) is 0 Å². The number of ether oxygens (including phenoxy) is 4. The van der Waals surface area contributed by atoms with Crippen LogP contribution in [0.2, 0.25) is 0 Å². The minimum Gasteiger partial charge on any atom is -0.431 e. The van der Waals surface area contributed by atoms with Crippen LogP contribution in [-0.4, -0.2) is 115 Å². The summed E-state index contributed by atoms with van der Waals surface area (Å²) >= 11 is 0. The molecule has 7 N–H and O–H groups in total. The Morgan fingerprint density at radius 3 is 2.31 bits per heavy atom. The Morgan fingerprint density at radius 2 is 1.59 bits per heavy atom. The lowest BCUT2D eigenvalue weighted by Gasteiger charge is -2.62. The molecule has 1 aromatic rings. The Hall–Kier alpha value is -1.75. The third-order valence-electron chi connectivity index (χ3n) is 13.6. The van der Waals surface area contributed by atoms with Crippen molar-refractivity contribution in [3.8, 4) is 0 Å². The number of aliphatic hydroxyl groups is 7. The Balaban J connectivity index is 1.05. The van der Waals surface area contributed by atoms with E-state index in [9.17, 15) is 40.5 Å². The van der Waals surface area contributed by atoms with E-state index in [-0.39, 0.29) is 34.4 Å². The van der Waals surface area contributed by atoms with Gasteiger partial charge in [0, 0.05) is 11.5 Å². The van der Waals surface area contributed by atoms with Crippen molar-refractivity contribution in [2.75, 3.05) is 6.61 Å². The number of allylic oxidation sites excluding steroid dienone is 1. The van der Waals surface area contributed by atoms with E-state index in [2.05, 4.69) is 19.9 Å². The molecule has 49 heavy (non-hydrogen) atoms. The van der Waals surface area contributed by atoms with E-state index in [1.165, 1.54) is 11.6 Å². The van der Waals surface area contributed by atoms with Crippen molar-refractivity contribution in [2.24, 2.45) is 22.7 Å². The first-order valence-corrected chi connectivity index (χ1v) is 17.9. The second-order valence-corrected chi connectivity index (χ2v) is 15.9. The third-order valence-corrected chi connectivity index (χ3v) is 13.6. The quantitative estimate of drug-likeness (QED) is 0.207. The van der Waals surface area contributed by atoms with Gasteiger partial charge in [0.1, 0.15) is 42.7 Å². The minimum atomic E-state index is -1.70. The van der Waals surface area contributed by atoms with Gasteiger partial charge in [0.25, 0.3) is 0 Å². The standard InChI is InChI=1S/C36H52O13/c1-17-26(39)31(49-32-29(42)28(41)27(40)24(15-37)48-32)30(43)33(46-17)47-20-8-11-34(2)19(14-20)5-6-23-22(34)9-12-35(3)21(10-13-36(23,35)44)18-4-7-25(38)45-16-18/h4,7,14,16-17,20-24,26-33,37,39-44H,5-6,8-13,15H2,1-3H3/t17-,20+,21-,22-,23+,24+,26+,27+,28-,29+,30-,31+,32-,33+,34-,35+,36+/m1/s1. The number of hydrogen-bond donors (Lipinski definition) is 7. The van der Waals surface area contributed by atoms with E-state index in [0.29, 0.717) is 18.8 Å². The Morgan fingerprint density at radius 1 is 0.837 bits per heavy atom. The van der Waals surface area contributed by atoms with E-state index in [0.717, 1.165) is 44.1 Å². The summed E-state index contributed by atoms with van der Waals surface area (Å²) in [5, 5.41) is 75.1. The summed E-state index contributed by atoms with van der Waals surface area (Å²) in [6.45, 7) is 5.49. The maximum absolute atomic E-state index is 12.5. The number of aliphatic hydroxyl groups excluding tert-OH is 6. The van der Waals surface area contributed by atoms with Crippen LogP contribution in [0.4, 0.5) is 0 Å². The summed E-state index contributed by atoms with van der Waals surface area (Å²) in [7, 11) is 0. The lowest BCUT2D eigenvalue weighted by molar-refractivity contribution is -0.359. The molecule has 4 aliphatic carbocycles. The summed E-state index contributed by atoms with van der Waals surface area (Å²) in [5.74, 6) is 0.549. The first kappa shape index (κ1) is 35.6. The fourth-order valence-corrected chi connectivity index (χ4v) is 10.7. The first-order valence-electron chi connectivity index (χ1n) is 17.9. The highest BCUT2D eigenvalue weighted by atomic mass is 16.7. The van der Waals surface area contributed by atoms with Gasteiger partial charge in [-0.2, -0.15) is 0 Å². The van der Waals surface area contributed by atoms with E-state index in [1.54, 1.807) is 13.2 Å². The molecule has 2 aliphatic heterocycles. The summed E-state index contributed by atoms with van der Waals surface area (Å²) in [6.07, 6.45) is -3.95. The number of hydrogen-bond acceptors (Lipinski definition) is 13. The van der Waals surface area contributed by atoms with Gasteiger partial charge in [0.2, 0.25) is 0 Å². The zero-order valence-electron chi connectivity index (χ0n) is 28.3. The molecule has 1 aromatic heterocycles. The fraction of sp³-hybridized carbons (Fsp3) is 0.806. The molecular weight excluding hydrogens is 640 g/mol. The van der Waals surface area contributed by atoms with Crippen molar-refractivity contribution in [1.29, 1.82) is 0 Å². The van der Waals surface area contributed by atoms with Gasteiger partial charge < -0.3 is 59.1 Å². The molecular formula is C36H52O13. The maximum atomic E-state index is 12.5.